The van der Waals surface area contributed by atoms with E-state index in [9.17, 15) is 13.2 Å². The highest BCUT2D eigenvalue weighted by Crippen LogP contribution is 2.25. The Morgan fingerprint density at radius 3 is 2.57 bits per heavy atom. The Kier molecular flexibility index (Phi) is 2.88. The van der Waals surface area contributed by atoms with Gasteiger partial charge in [-0.2, -0.15) is 13.2 Å². The number of furan rings is 1. The number of alkyl halides is 3. The number of nitrogens with two attached hydrogens (primary N) is 1. The van der Waals surface area contributed by atoms with Crippen LogP contribution in [0.4, 0.5) is 13.2 Å². The van der Waals surface area contributed by atoms with E-state index in [4.69, 9.17) is 10.2 Å². The first kappa shape index (κ1) is 10.7. The summed E-state index contributed by atoms with van der Waals surface area (Å²) in [6.07, 6.45) is -2.97. The van der Waals surface area contributed by atoms with Crippen molar-refractivity contribution in [1.29, 1.82) is 0 Å². The number of hydrogen-bond acceptors (Lipinski definition) is 2. The summed E-state index contributed by atoms with van der Waals surface area (Å²) >= 11 is 0. The van der Waals surface area contributed by atoms with Gasteiger partial charge in [-0.25, -0.2) is 0 Å². The summed E-state index contributed by atoms with van der Waals surface area (Å²) in [5.41, 5.74) is 3.94. The first-order chi connectivity index (χ1) is 6.41. The third-order valence-electron chi connectivity index (χ3n) is 1.78. The van der Waals surface area contributed by atoms with Crippen LogP contribution >= 0.6 is 0 Å². The molecule has 0 aromatic carbocycles. The van der Waals surface area contributed by atoms with Crippen molar-refractivity contribution in [2.24, 2.45) is 5.73 Å². The molecule has 5 heteroatoms. The Morgan fingerprint density at radius 2 is 2.14 bits per heavy atom. The fourth-order valence-corrected chi connectivity index (χ4v) is 1.01. The van der Waals surface area contributed by atoms with Crippen molar-refractivity contribution in [3.8, 4) is 0 Å². The van der Waals surface area contributed by atoms with Crippen LogP contribution in [0.3, 0.4) is 0 Å². The second-order valence-electron chi connectivity index (χ2n) is 2.95. The van der Waals surface area contributed by atoms with Crippen LogP contribution in [0.2, 0.25) is 0 Å². The third kappa shape index (κ3) is 2.55. The molecule has 0 saturated carbocycles. The Morgan fingerprint density at radius 1 is 1.50 bits per heavy atom. The number of halogens is 3. The summed E-state index contributed by atoms with van der Waals surface area (Å²) in [6.45, 7) is 1.34. The molecule has 14 heavy (non-hydrogen) atoms. The molecule has 0 saturated heterocycles. The van der Waals surface area contributed by atoms with E-state index < -0.39 is 11.9 Å². The lowest BCUT2D eigenvalue weighted by Gasteiger charge is -2.09. The second-order valence-corrected chi connectivity index (χ2v) is 2.95. The average Bonchev–Trinajstić information content (AvgIpc) is 2.53. The van der Waals surface area contributed by atoms with Crippen molar-refractivity contribution < 1.29 is 17.6 Å². The van der Waals surface area contributed by atoms with Crippen molar-refractivity contribution in [2.75, 3.05) is 0 Å². The molecule has 0 radical (unpaired) electrons. The molecular weight excluding hydrogens is 195 g/mol. The van der Waals surface area contributed by atoms with Gasteiger partial charge in [0.25, 0.3) is 0 Å². The van der Waals surface area contributed by atoms with Gasteiger partial charge in [-0.15, -0.1) is 0 Å². The summed E-state index contributed by atoms with van der Waals surface area (Å²) in [4.78, 5) is 0. The summed E-state index contributed by atoms with van der Waals surface area (Å²) in [5.74, 6) is 0.467. The van der Waals surface area contributed by atoms with E-state index in [1.165, 1.54) is 13.2 Å². The lowest BCUT2D eigenvalue weighted by molar-refractivity contribution is -0.0936. The van der Waals surface area contributed by atoms with Crippen molar-refractivity contribution in [3.63, 3.8) is 0 Å². The highest BCUT2D eigenvalue weighted by molar-refractivity contribution is 5.19. The van der Waals surface area contributed by atoms with E-state index in [-0.39, 0.29) is 12.0 Å². The SMILES string of the molecule is C/C(Cc1ccco1)=C(/N)C(F)(F)F. The monoisotopic (exact) mass is 205 g/mol. The van der Waals surface area contributed by atoms with Gasteiger partial charge >= 0.3 is 6.18 Å². The number of rotatable bonds is 2. The van der Waals surface area contributed by atoms with Crippen LogP contribution in [0.1, 0.15) is 12.7 Å². The lowest BCUT2D eigenvalue weighted by Crippen LogP contribution is -2.21. The van der Waals surface area contributed by atoms with Gasteiger partial charge in [0.2, 0.25) is 0 Å². The van der Waals surface area contributed by atoms with E-state index in [2.05, 4.69) is 0 Å². The molecular formula is C9H10F3NO. The highest BCUT2D eigenvalue weighted by Gasteiger charge is 2.33. The molecule has 0 aliphatic heterocycles. The van der Waals surface area contributed by atoms with Gasteiger partial charge < -0.3 is 10.2 Å². The van der Waals surface area contributed by atoms with Crippen LogP contribution in [0, 0.1) is 0 Å². The predicted octanol–water partition coefficient (Wildman–Crippen LogP) is 2.62. The highest BCUT2D eigenvalue weighted by atomic mass is 19.4. The maximum Gasteiger partial charge on any atom is 0.430 e. The van der Waals surface area contributed by atoms with Gasteiger partial charge in [-0.1, -0.05) is 0 Å². The zero-order valence-electron chi connectivity index (χ0n) is 7.56. The van der Waals surface area contributed by atoms with Gasteiger partial charge in [-0.05, 0) is 24.6 Å². The molecule has 2 N–H and O–H groups in total. The topological polar surface area (TPSA) is 39.2 Å². The Labute approximate surface area is 79.2 Å². The van der Waals surface area contributed by atoms with Crippen LogP contribution in [0.15, 0.2) is 34.1 Å². The third-order valence-corrected chi connectivity index (χ3v) is 1.78. The average molecular weight is 205 g/mol. The first-order valence-electron chi connectivity index (χ1n) is 3.96. The smallest absolute Gasteiger partial charge is 0.430 e. The first-order valence-corrected chi connectivity index (χ1v) is 3.96. The summed E-state index contributed by atoms with van der Waals surface area (Å²) in [5, 5.41) is 0. The van der Waals surface area contributed by atoms with Crippen molar-refractivity contribution >= 4 is 0 Å². The van der Waals surface area contributed by atoms with E-state index in [0.29, 0.717) is 5.76 Å². The van der Waals surface area contributed by atoms with Crippen molar-refractivity contribution in [3.05, 3.63) is 35.4 Å². The van der Waals surface area contributed by atoms with Gasteiger partial charge in [0.1, 0.15) is 11.5 Å². The normalized spacial score (nSPS) is 14.0. The van der Waals surface area contributed by atoms with E-state index in [0.717, 1.165) is 0 Å². The molecule has 1 heterocycles. The zero-order valence-corrected chi connectivity index (χ0v) is 7.56. The van der Waals surface area contributed by atoms with Crippen LogP contribution in [0.5, 0.6) is 0 Å². The van der Waals surface area contributed by atoms with E-state index in [1.807, 2.05) is 0 Å². The molecule has 0 amide bonds. The minimum Gasteiger partial charge on any atom is -0.469 e. The molecule has 0 bridgehead atoms. The van der Waals surface area contributed by atoms with Gasteiger partial charge in [-0.3, -0.25) is 0 Å². The van der Waals surface area contributed by atoms with E-state index in [1.54, 1.807) is 12.1 Å². The fraction of sp³-hybridized carbons (Fsp3) is 0.333. The van der Waals surface area contributed by atoms with Gasteiger partial charge in [0, 0.05) is 6.42 Å². The van der Waals surface area contributed by atoms with Crippen molar-refractivity contribution in [2.45, 2.75) is 19.5 Å². The van der Waals surface area contributed by atoms with Crippen LogP contribution in [-0.2, 0) is 6.42 Å². The molecule has 0 atom stereocenters. The maximum absolute atomic E-state index is 12.1. The minimum atomic E-state index is -4.46. The molecule has 0 spiro atoms. The molecule has 0 fully saturated rings. The fourth-order valence-electron chi connectivity index (χ4n) is 1.01. The Hall–Kier alpha value is -1.39. The molecule has 0 aliphatic carbocycles. The van der Waals surface area contributed by atoms with Crippen LogP contribution in [-0.4, -0.2) is 6.18 Å². The number of hydrogen-bond donors (Lipinski definition) is 1. The lowest BCUT2D eigenvalue weighted by atomic mass is 10.1. The molecule has 1 aromatic heterocycles. The molecule has 0 aliphatic rings. The Bertz CT molecular complexity index is 324. The number of allylic oxidation sites excluding steroid dienone is 2. The van der Waals surface area contributed by atoms with Gasteiger partial charge in [0.15, 0.2) is 0 Å². The molecule has 0 unspecified atom stereocenters. The minimum absolute atomic E-state index is 0.0625. The molecule has 2 nitrogen and oxygen atoms in total. The summed E-state index contributed by atoms with van der Waals surface area (Å²) in [7, 11) is 0. The standard InChI is InChI=1S/C9H10F3NO/c1-6(8(13)9(10,11)12)5-7-3-2-4-14-7/h2-4H,5,13H2,1H3/b8-6-. The van der Waals surface area contributed by atoms with Gasteiger partial charge in [0.05, 0.1) is 6.26 Å². The predicted molar refractivity (Wildman–Crippen MR) is 45.4 cm³/mol. The zero-order chi connectivity index (χ0) is 10.8. The van der Waals surface area contributed by atoms with E-state index >= 15 is 0 Å². The summed E-state index contributed by atoms with van der Waals surface area (Å²) in [6, 6.07) is 3.22. The molecule has 1 aromatic rings. The maximum atomic E-state index is 12.1. The molecule has 78 valence electrons. The molecule has 1 rings (SSSR count). The van der Waals surface area contributed by atoms with Crippen molar-refractivity contribution in [1.82, 2.24) is 0 Å². The summed E-state index contributed by atoms with van der Waals surface area (Å²) < 4.78 is 41.3. The quantitative estimate of drug-likeness (QED) is 0.806. The Balaban J connectivity index is 2.79. The second kappa shape index (κ2) is 3.77. The van der Waals surface area contributed by atoms with Crippen LogP contribution in [0.25, 0.3) is 0 Å². The largest absolute Gasteiger partial charge is 0.469 e. The van der Waals surface area contributed by atoms with Crippen LogP contribution < -0.4 is 5.73 Å².